The van der Waals surface area contributed by atoms with Crippen molar-refractivity contribution in [2.45, 2.75) is 6.17 Å². The third kappa shape index (κ3) is 7.00. The minimum absolute atomic E-state index is 0. The Hall–Kier alpha value is 0.0295. The molecular formula is C6H10Cl3CuN3O2. The fraction of sp³-hybridized carbons (Fsp3) is 0.333. The molecule has 1 aromatic heterocycles. The number of imidazole rings is 1. The average molecular weight is 326 g/mol. The van der Waals surface area contributed by atoms with E-state index in [0.717, 1.165) is 13.1 Å². The van der Waals surface area contributed by atoms with Crippen LogP contribution in [0.25, 0.3) is 0 Å². The van der Waals surface area contributed by atoms with Gasteiger partial charge in [-0.3, -0.25) is 5.73 Å². The molecule has 1 aromatic rings. The van der Waals surface area contributed by atoms with E-state index in [1.54, 1.807) is 30.3 Å². The molecule has 5 nitrogen and oxygen atoms in total. The fourth-order valence-corrected chi connectivity index (χ4v) is 0.762. The van der Waals surface area contributed by atoms with Crippen molar-refractivity contribution in [1.29, 1.82) is 0 Å². The standard InChI is InChI=1S/C6H9N3O2.3ClH.Cu/c1-8-2-3-9(4-8)5(7)6(10)11;;;;/h2-5H,7H2,1H3;3*1H;/q;;;;+2/p-2. The van der Waals surface area contributed by atoms with Gasteiger partial charge in [-0.15, -0.1) is 0 Å². The Morgan fingerprint density at radius 3 is 2.40 bits per heavy atom. The predicted octanol–water partition coefficient (Wildman–Crippen LogP) is -2.76. The summed E-state index contributed by atoms with van der Waals surface area (Å²) < 4.78 is 3.14. The van der Waals surface area contributed by atoms with Gasteiger partial charge < -0.3 is 17.5 Å². The molecule has 1 unspecified atom stereocenters. The molecule has 0 fully saturated rings. The molecule has 0 aromatic carbocycles. The summed E-state index contributed by atoms with van der Waals surface area (Å²) in [6.45, 7) is 0. The zero-order chi connectivity index (χ0) is 11.1. The van der Waals surface area contributed by atoms with E-state index in [1.165, 1.54) is 4.57 Å². The molecule has 15 heavy (non-hydrogen) atoms. The van der Waals surface area contributed by atoms with E-state index in [0.29, 0.717) is 0 Å². The van der Waals surface area contributed by atoms with E-state index < -0.39 is 12.1 Å². The monoisotopic (exact) mass is 324 g/mol. The normalized spacial score (nSPS) is 10.9. The van der Waals surface area contributed by atoms with E-state index in [-0.39, 0.29) is 12.4 Å². The first-order valence-electron chi connectivity index (χ1n) is 3.35. The summed E-state index contributed by atoms with van der Waals surface area (Å²) in [5.74, 6) is -1.04. The molecule has 0 aliphatic carbocycles. The number of carboxylic acid groups (broad SMARTS) is 1. The summed E-state index contributed by atoms with van der Waals surface area (Å²) in [7, 11) is 11.1. The molecule has 0 amide bonds. The molecule has 1 rings (SSSR count). The maximum absolute atomic E-state index is 10.4. The van der Waals surface area contributed by atoms with Crippen LogP contribution in [0, 0.1) is 0 Å². The van der Waals surface area contributed by atoms with Crippen LogP contribution in [0.4, 0.5) is 0 Å². The first kappa shape index (κ1) is 17.4. The Morgan fingerprint density at radius 1 is 1.67 bits per heavy atom. The Kier molecular flexibility index (Phi) is 10.8. The van der Waals surface area contributed by atoms with Crippen molar-refractivity contribution in [3.63, 3.8) is 0 Å². The number of aliphatic carboxylic acids is 1. The van der Waals surface area contributed by atoms with Gasteiger partial charge in [-0.2, -0.15) is 0 Å². The van der Waals surface area contributed by atoms with Gasteiger partial charge in [0, 0.05) is 0 Å². The predicted molar refractivity (Wildman–Crippen MR) is 48.2 cm³/mol. The summed E-state index contributed by atoms with van der Waals surface area (Å²) in [5.41, 5.74) is 5.30. The van der Waals surface area contributed by atoms with Crippen LogP contribution in [0.1, 0.15) is 6.17 Å². The molecule has 0 bridgehead atoms. The third-order valence-electron chi connectivity index (χ3n) is 1.36. The van der Waals surface area contributed by atoms with Gasteiger partial charge in [-0.05, 0) is 0 Å². The van der Waals surface area contributed by atoms with Gasteiger partial charge in [0.1, 0.15) is 12.4 Å². The Bertz CT molecular complexity index is 297. The van der Waals surface area contributed by atoms with E-state index in [9.17, 15) is 4.79 Å². The molecule has 0 saturated heterocycles. The number of carboxylic acids is 1. The average Bonchev–Trinajstić information content (AvgIpc) is 2.51. The van der Waals surface area contributed by atoms with Gasteiger partial charge in [0.25, 0.3) is 0 Å². The topological polar surface area (TPSA) is 72.1 Å². The van der Waals surface area contributed by atoms with Gasteiger partial charge in [0.2, 0.25) is 12.5 Å². The Balaban J connectivity index is 0. The van der Waals surface area contributed by atoms with Gasteiger partial charge in [0.15, 0.2) is 0 Å². The van der Waals surface area contributed by atoms with E-state index >= 15 is 0 Å². The second kappa shape index (κ2) is 9.27. The van der Waals surface area contributed by atoms with E-state index in [4.69, 9.17) is 10.8 Å². The van der Waals surface area contributed by atoms with Gasteiger partial charge in [0.05, 0.1) is 7.05 Å². The van der Waals surface area contributed by atoms with Crippen molar-refractivity contribution in [1.82, 2.24) is 4.57 Å². The Labute approximate surface area is 108 Å². The van der Waals surface area contributed by atoms with Crippen LogP contribution in [-0.2, 0) is 25.0 Å². The zero-order valence-electron chi connectivity index (χ0n) is 7.57. The van der Waals surface area contributed by atoms with Gasteiger partial charge in [-0.1, -0.05) is 0 Å². The first-order chi connectivity index (χ1) is 6.52. The molecule has 0 aliphatic rings. The number of hydrogen-bond acceptors (Lipinski definition) is 2. The van der Waals surface area contributed by atoms with Crippen molar-refractivity contribution in [2.75, 3.05) is 0 Å². The molecule has 0 radical (unpaired) electrons. The summed E-state index contributed by atoms with van der Waals surface area (Å²) in [4.78, 5) is 10.4. The maximum atomic E-state index is 10.4. The molecule has 93 valence electrons. The number of carbonyl (C=O) groups is 1. The van der Waals surface area contributed by atoms with Crippen LogP contribution in [0.3, 0.4) is 0 Å². The van der Waals surface area contributed by atoms with Crippen LogP contribution in [-0.4, -0.2) is 15.6 Å². The van der Waals surface area contributed by atoms with E-state index in [2.05, 4.69) is 20.2 Å². The molecule has 0 saturated carbocycles. The van der Waals surface area contributed by atoms with Crippen LogP contribution in [0.5, 0.6) is 0 Å². The quantitative estimate of drug-likeness (QED) is 0.457. The van der Waals surface area contributed by atoms with Crippen molar-refractivity contribution in [3.8, 4) is 0 Å². The molecule has 0 aliphatic heterocycles. The molecule has 1 atom stereocenters. The van der Waals surface area contributed by atoms with Crippen molar-refractivity contribution >= 4 is 26.2 Å². The van der Waals surface area contributed by atoms with Crippen LogP contribution in [0.2, 0.25) is 0 Å². The molecule has 0 spiro atoms. The number of aryl methyl sites for hydroxylation is 1. The molecule has 3 N–H and O–H groups in total. The molecule has 1 heterocycles. The Morgan fingerprint density at radius 2 is 2.13 bits per heavy atom. The van der Waals surface area contributed by atoms with Crippen molar-refractivity contribution in [2.24, 2.45) is 12.8 Å². The van der Waals surface area contributed by atoms with Crippen molar-refractivity contribution in [3.05, 3.63) is 18.7 Å². The van der Waals surface area contributed by atoms with E-state index in [1.807, 2.05) is 0 Å². The number of halogens is 3. The summed E-state index contributed by atoms with van der Waals surface area (Å²) in [6, 6.07) is 0. The number of nitrogens with two attached hydrogens (primary N) is 1. The SMILES string of the molecule is C[n+]1ccn(C(N)C(=O)O)c1.[Cl-].[Cl][Cu][Cl]. The number of nitrogens with zero attached hydrogens (tertiary/aromatic N) is 2. The summed E-state index contributed by atoms with van der Waals surface area (Å²) in [5, 5.41) is 8.49. The minimum atomic E-state index is -1.04. The summed E-state index contributed by atoms with van der Waals surface area (Å²) in [6.07, 6.45) is 3.96. The second-order valence-electron chi connectivity index (χ2n) is 2.35. The second-order valence-corrected chi connectivity index (χ2v) is 3.91. The summed E-state index contributed by atoms with van der Waals surface area (Å²) >= 11 is 0.757. The molecular weight excluding hydrogens is 316 g/mol. The fourth-order valence-electron chi connectivity index (χ4n) is 0.762. The number of rotatable bonds is 2. The van der Waals surface area contributed by atoms with Crippen molar-refractivity contribution < 1.29 is 40.0 Å². The zero-order valence-corrected chi connectivity index (χ0v) is 10.8. The number of aromatic nitrogens is 2. The third-order valence-corrected chi connectivity index (χ3v) is 1.36. The molecule has 9 heteroatoms. The van der Waals surface area contributed by atoms with Gasteiger partial charge in [-0.25, -0.2) is 13.9 Å². The van der Waals surface area contributed by atoms with Crippen LogP contribution in [0.15, 0.2) is 18.7 Å². The van der Waals surface area contributed by atoms with Gasteiger partial charge >= 0.3 is 39.3 Å². The van der Waals surface area contributed by atoms with Crippen LogP contribution >= 0.6 is 20.2 Å². The number of hydrogen-bond donors (Lipinski definition) is 2. The first-order valence-corrected chi connectivity index (χ1v) is 5.94. The van der Waals surface area contributed by atoms with Crippen LogP contribution < -0.4 is 22.7 Å².